The van der Waals surface area contributed by atoms with Crippen LogP contribution < -0.4 is 4.74 Å². The van der Waals surface area contributed by atoms with Gasteiger partial charge in [-0.1, -0.05) is 32.9 Å². The minimum Gasteiger partial charge on any atom is -0.496 e. The third-order valence-corrected chi connectivity index (χ3v) is 4.15. The molecule has 0 radical (unpaired) electrons. The highest BCUT2D eigenvalue weighted by Gasteiger charge is 2.19. The number of ether oxygens (including phenoxy) is 1. The second kappa shape index (κ2) is 5.57. The molecule has 20 heavy (non-hydrogen) atoms. The molecule has 0 unspecified atom stereocenters. The Labute approximate surface area is 125 Å². The molecule has 0 saturated carbocycles. The van der Waals surface area contributed by atoms with Gasteiger partial charge in [-0.25, -0.2) is 4.98 Å². The molecule has 2 rings (SSSR count). The van der Waals surface area contributed by atoms with Gasteiger partial charge in [-0.3, -0.25) is 0 Å². The minimum atomic E-state index is 0.266. The second-order valence-electron chi connectivity index (χ2n) is 6.43. The normalized spacial score (nSPS) is 11.7. The fourth-order valence-electron chi connectivity index (χ4n) is 2.26. The molecule has 2 nitrogen and oxygen atoms in total. The summed E-state index contributed by atoms with van der Waals surface area (Å²) in [6.07, 6.45) is 1.05. The lowest BCUT2D eigenvalue weighted by Crippen LogP contribution is -2.08. The molecule has 108 valence electrons. The zero-order valence-electron chi connectivity index (χ0n) is 13.2. The van der Waals surface area contributed by atoms with Crippen molar-refractivity contribution in [2.45, 2.75) is 41.0 Å². The Kier molecular flexibility index (Phi) is 4.19. The predicted octanol–water partition coefficient (Wildman–Crippen LogP) is 5.02. The third-order valence-electron chi connectivity index (χ3n) is 3.18. The average molecular weight is 289 g/mol. The number of aryl methyl sites for hydroxylation is 2. The van der Waals surface area contributed by atoms with Crippen LogP contribution in [0.5, 0.6) is 5.75 Å². The van der Waals surface area contributed by atoms with Gasteiger partial charge in [0.05, 0.1) is 17.8 Å². The van der Waals surface area contributed by atoms with Crippen molar-refractivity contribution >= 4 is 11.3 Å². The largest absolute Gasteiger partial charge is 0.496 e. The monoisotopic (exact) mass is 289 g/mol. The Morgan fingerprint density at radius 2 is 1.90 bits per heavy atom. The number of benzene rings is 1. The van der Waals surface area contributed by atoms with Gasteiger partial charge >= 0.3 is 0 Å². The van der Waals surface area contributed by atoms with E-state index in [9.17, 15) is 0 Å². The van der Waals surface area contributed by atoms with Crippen molar-refractivity contribution in [2.24, 2.45) is 5.41 Å². The quantitative estimate of drug-likeness (QED) is 0.791. The van der Waals surface area contributed by atoms with Crippen molar-refractivity contribution in [3.05, 3.63) is 33.6 Å². The first kappa shape index (κ1) is 15.0. The number of thiazole rings is 1. The third kappa shape index (κ3) is 3.40. The molecule has 0 saturated heterocycles. The van der Waals surface area contributed by atoms with E-state index in [2.05, 4.69) is 52.8 Å². The van der Waals surface area contributed by atoms with Crippen molar-refractivity contribution in [1.29, 1.82) is 0 Å². The molecule has 0 atom stereocenters. The van der Waals surface area contributed by atoms with E-state index in [1.54, 1.807) is 18.4 Å². The molecule has 0 N–H and O–H groups in total. The van der Waals surface area contributed by atoms with Gasteiger partial charge in [-0.2, -0.15) is 0 Å². The molecule has 0 amide bonds. The van der Waals surface area contributed by atoms with Crippen LogP contribution in [0, 0.1) is 19.3 Å². The summed E-state index contributed by atoms with van der Waals surface area (Å²) in [5.74, 6) is 0.926. The molecule has 0 aliphatic heterocycles. The van der Waals surface area contributed by atoms with Crippen LogP contribution in [0.4, 0.5) is 0 Å². The molecule has 1 heterocycles. The van der Waals surface area contributed by atoms with Gasteiger partial charge in [0.2, 0.25) is 0 Å². The van der Waals surface area contributed by atoms with E-state index in [0.717, 1.165) is 34.0 Å². The number of nitrogens with zero attached hydrogens (tertiary/aromatic N) is 1. The summed E-state index contributed by atoms with van der Waals surface area (Å²) in [4.78, 5) is 6.10. The molecule has 1 aromatic carbocycles. The first-order chi connectivity index (χ1) is 9.30. The lowest BCUT2D eigenvalue weighted by atomic mass is 9.90. The molecular weight excluding hydrogens is 266 g/mol. The molecule has 0 fully saturated rings. The Bertz CT molecular complexity index is 608. The lowest BCUT2D eigenvalue weighted by molar-refractivity contribution is 0.411. The van der Waals surface area contributed by atoms with Gasteiger partial charge < -0.3 is 4.74 Å². The Morgan fingerprint density at radius 1 is 1.20 bits per heavy atom. The number of hydrogen-bond donors (Lipinski definition) is 0. The van der Waals surface area contributed by atoms with Gasteiger partial charge in [0.15, 0.2) is 0 Å². The lowest BCUT2D eigenvalue weighted by Gasteiger charge is -2.17. The highest BCUT2D eigenvalue weighted by atomic mass is 32.1. The summed E-state index contributed by atoms with van der Waals surface area (Å²) >= 11 is 1.80. The topological polar surface area (TPSA) is 22.1 Å². The van der Waals surface area contributed by atoms with Gasteiger partial charge in [0.25, 0.3) is 0 Å². The van der Waals surface area contributed by atoms with Gasteiger partial charge in [-0.05, 0) is 37.3 Å². The van der Waals surface area contributed by atoms with E-state index in [1.807, 2.05) is 0 Å². The highest BCUT2D eigenvalue weighted by Crippen LogP contribution is 2.35. The van der Waals surface area contributed by atoms with Crippen LogP contribution in [-0.2, 0) is 6.42 Å². The maximum Gasteiger partial charge on any atom is 0.122 e. The van der Waals surface area contributed by atoms with Crippen molar-refractivity contribution < 1.29 is 4.74 Å². The average Bonchev–Trinajstić information content (AvgIpc) is 2.68. The number of methoxy groups -OCH3 is 1. The second-order valence-corrected chi connectivity index (χ2v) is 7.71. The smallest absolute Gasteiger partial charge is 0.122 e. The molecule has 2 aromatic rings. The zero-order valence-corrected chi connectivity index (χ0v) is 14.0. The number of hydrogen-bond acceptors (Lipinski definition) is 3. The molecule has 0 aliphatic carbocycles. The van der Waals surface area contributed by atoms with Gasteiger partial charge in [-0.15, -0.1) is 11.3 Å². The van der Waals surface area contributed by atoms with Crippen molar-refractivity contribution in [1.82, 2.24) is 4.98 Å². The Hall–Kier alpha value is -1.35. The maximum atomic E-state index is 5.43. The van der Waals surface area contributed by atoms with Gasteiger partial charge in [0.1, 0.15) is 5.75 Å². The zero-order chi connectivity index (χ0) is 14.9. The Morgan fingerprint density at radius 3 is 2.50 bits per heavy atom. The Balaban J connectivity index is 2.47. The molecule has 1 aromatic heterocycles. The summed E-state index contributed by atoms with van der Waals surface area (Å²) in [5.41, 5.74) is 3.68. The van der Waals surface area contributed by atoms with Crippen LogP contribution in [0.25, 0.3) is 11.3 Å². The summed E-state index contributed by atoms with van der Waals surface area (Å²) in [6, 6.07) is 6.33. The highest BCUT2D eigenvalue weighted by molar-refractivity contribution is 7.12. The van der Waals surface area contributed by atoms with E-state index >= 15 is 0 Å². The van der Waals surface area contributed by atoms with Crippen LogP contribution in [0.2, 0.25) is 0 Å². The fraction of sp³-hybridized carbons (Fsp3) is 0.471. The first-order valence-corrected chi connectivity index (χ1v) is 7.73. The van der Waals surface area contributed by atoms with E-state index in [-0.39, 0.29) is 5.41 Å². The van der Waals surface area contributed by atoms with Crippen LogP contribution in [0.3, 0.4) is 0 Å². The first-order valence-electron chi connectivity index (χ1n) is 6.91. The molecule has 0 spiro atoms. The SMILES string of the molecule is COc1cc(-c2nc(C)sc2CC(C)(C)C)ccc1C. The summed E-state index contributed by atoms with van der Waals surface area (Å²) in [5, 5.41) is 1.12. The van der Waals surface area contributed by atoms with E-state index in [1.165, 1.54) is 4.88 Å². The van der Waals surface area contributed by atoms with Crippen LogP contribution in [0.1, 0.15) is 36.2 Å². The van der Waals surface area contributed by atoms with Crippen molar-refractivity contribution in [2.75, 3.05) is 7.11 Å². The summed E-state index contributed by atoms with van der Waals surface area (Å²) < 4.78 is 5.43. The number of aromatic nitrogens is 1. The van der Waals surface area contributed by atoms with Crippen molar-refractivity contribution in [3.8, 4) is 17.0 Å². The minimum absolute atomic E-state index is 0.266. The molecular formula is C17H23NOS. The summed E-state index contributed by atoms with van der Waals surface area (Å²) in [6.45, 7) is 10.9. The van der Waals surface area contributed by atoms with E-state index in [0.29, 0.717) is 0 Å². The van der Waals surface area contributed by atoms with Crippen LogP contribution in [-0.4, -0.2) is 12.1 Å². The molecule has 3 heteroatoms. The predicted molar refractivity (Wildman–Crippen MR) is 86.7 cm³/mol. The van der Waals surface area contributed by atoms with Crippen LogP contribution >= 0.6 is 11.3 Å². The van der Waals surface area contributed by atoms with E-state index in [4.69, 9.17) is 9.72 Å². The van der Waals surface area contributed by atoms with E-state index < -0.39 is 0 Å². The fourth-order valence-corrected chi connectivity index (χ4v) is 3.52. The van der Waals surface area contributed by atoms with Crippen molar-refractivity contribution in [3.63, 3.8) is 0 Å². The summed E-state index contributed by atoms with van der Waals surface area (Å²) in [7, 11) is 1.72. The van der Waals surface area contributed by atoms with Gasteiger partial charge in [0, 0.05) is 10.4 Å². The standard InChI is InChI=1S/C17H23NOS/c1-11-7-8-13(9-14(11)19-6)16-15(10-17(3,4)5)20-12(2)18-16/h7-9H,10H2,1-6H3. The molecule has 0 aliphatic rings. The van der Waals surface area contributed by atoms with Crippen LogP contribution in [0.15, 0.2) is 18.2 Å². The number of rotatable bonds is 3. The maximum absolute atomic E-state index is 5.43. The molecule has 0 bridgehead atoms.